The number of hydrogen-bond donors (Lipinski definition) is 1. The topological polar surface area (TPSA) is 46.5 Å². The van der Waals surface area contributed by atoms with E-state index in [-0.39, 0.29) is 6.10 Å². The zero-order valence-corrected chi connectivity index (χ0v) is 8.89. The fourth-order valence-electron chi connectivity index (χ4n) is 1.53. The molecule has 0 bridgehead atoms. The second kappa shape index (κ2) is 4.33. The molecular weight excluding hydrogens is 188 g/mol. The highest BCUT2D eigenvalue weighted by Gasteiger charge is 2.41. The van der Waals surface area contributed by atoms with Gasteiger partial charge in [0.25, 0.3) is 0 Å². The largest absolute Gasteiger partial charge is 0.479 e. The first kappa shape index (κ1) is 10.9. The molecule has 1 saturated heterocycles. The van der Waals surface area contributed by atoms with Gasteiger partial charge in [0.05, 0.1) is 6.10 Å². The van der Waals surface area contributed by atoms with Crippen LogP contribution in [0.25, 0.3) is 0 Å². The molecule has 1 N–H and O–H groups in total. The van der Waals surface area contributed by atoms with Gasteiger partial charge in [0, 0.05) is 0 Å². The van der Waals surface area contributed by atoms with Crippen molar-refractivity contribution in [1.29, 1.82) is 0 Å². The van der Waals surface area contributed by atoms with Gasteiger partial charge in [-0.25, -0.2) is 4.79 Å². The van der Waals surface area contributed by atoms with Crippen molar-refractivity contribution in [2.24, 2.45) is 0 Å². The highest BCUT2D eigenvalue weighted by atomic mass is 32.2. The average molecular weight is 204 g/mol. The van der Waals surface area contributed by atoms with Gasteiger partial charge < -0.3 is 9.84 Å². The molecule has 0 atom stereocenters. The minimum Gasteiger partial charge on any atom is -0.479 e. The number of aliphatic carboxylic acids is 1. The van der Waals surface area contributed by atoms with Gasteiger partial charge in [0.1, 0.15) is 0 Å². The number of carboxylic acids is 1. The van der Waals surface area contributed by atoms with Gasteiger partial charge >= 0.3 is 5.97 Å². The van der Waals surface area contributed by atoms with Gasteiger partial charge in [-0.3, -0.25) is 0 Å². The second-order valence-electron chi connectivity index (χ2n) is 3.58. The van der Waals surface area contributed by atoms with Gasteiger partial charge in [0.15, 0.2) is 5.60 Å². The van der Waals surface area contributed by atoms with E-state index < -0.39 is 11.6 Å². The molecule has 1 heterocycles. The monoisotopic (exact) mass is 204 g/mol. The van der Waals surface area contributed by atoms with E-state index in [1.54, 1.807) is 11.8 Å². The molecule has 13 heavy (non-hydrogen) atoms. The summed E-state index contributed by atoms with van der Waals surface area (Å²) >= 11 is 1.80. The quantitative estimate of drug-likeness (QED) is 0.761. The SMILES string of the molecule is CC(C)OC1(C(=O)O)CCSCC1. The van der Waals surface area contributed by atoms with E-state index in [0.717, 1.165) is 11.5 Å². The van der Waals surface area contributed by atoms with Crippen LogP contribution in [-0.2, 0) is 9.53 Å². The molecule has 3 nitrogen and oxygen atoms in total. The molecule has 1 rings (SSSR count). The third kappa shape index (κ3) is 2.61. The molecule has 0 unspecified atom stereocenters. The molecule has 76 valence electrons. The summed E-state index contributed by atoms with van der Waals surface area (Å²) in [5.41, 5.74) is -0.903. The maximum atomic E-state index is 11.1. The van der Waals surface area contributed by atoms with Crippen LogP contribution < -0.4 is 0 Å². The Morgan fingerprint density at radius 3 is 2.38 bits per heavy atom. The smallest absolute Gasteiger partial charge is 0.336 e. The van der Waals surface area contributed by atoms with E-state index in [1.807, 2.05) is 13.8 Å². The summed E-state index contributed by atoms with van der Waals surface area (Å²) in [6.45, 7) is 3.76. The van der Waals surface area contributed by atoms with Crippen LogP contribution in [-0.4, -0.2) is 34.3 Å². The highest BCUT2D eigenvalue weighted by molar-refractivity contribution is 7.99. The van der Waals surface area contributed by atoms with Crippen molar-refractivity contribution < 1.29 is 14.6 Å². The first-order chi connectivity index (χ1) is 6.07. The van der Waals surface area contributed by atoms with Crippen molar-refractivity contribution >= 4 is 17.7 Å². The summed E-state index contributed by atoms with van der Waals surface area (Å²) in [4.78, 5) is 11.1. The summed E-state index contributed by atoms with van der Waals surface area (Å²) in [7, 11) is 0. The van der Waals surface area contributed by atoms with Crippen LogP contribution in [0.15, 0.2) is 0 Å². The first-order valence-electron chi connectivity index (χ1n) is 4.56. The molecule has 1 aliphatic rings. The summed E-state index contributed by atoms with van der Waals surface area (Å²) in [5, 5.41) is 9.10. The van der Waals surface area contributed by atoms with Crippen LogP contribution in [0.3, 0.4) is 0 Å². The van der Waals surface area contributed by atoms with Crippen LogP contribution in [0, 0.1) is 0 Å². The normalized spacial score (nSPS) is 21.8. The lowest BCUT2D eigenvalue weighted by Crippen LogP contribution is -2.46. The lowest BCUT2D eigenvalue weighted by molar-refractivity contribution is -0.173. The van der Waals surface area contributed by atoms with Crippen molar-refractivity contribution in [2.75, 3.05) is 11.5 Å². The fraction of sp³-hybridized carbons (Fsp3) is 0.889. The Balaban J connectivity index is 2.67. The third-order valence-corrected chi connectivity index (χ3v) is 3.14. The van der Waals surface area contributed by atoms with E-state index >= 15 is 0 Å². The Morgan fingerprint density at radius 1 is 1.46 bits per heavy atom. The van der Waals surface area contributed by atoms with Crippen molar-refractivity contribution in [3.05, 3.63) is 0 Å². The number of carbonyl (C=O) groups is 1. The van der Waals surface area contributed by atoms with Crippen LogP contribution in [0.1, 0.15) is 26.7 Å². The van der Waals surface area contributed by atoms with Crippen LogP contribution >= 0.6 is 11.8 Å². The Bertz CT molecular complexity index is 185. The van der Waals surface area contributed by atoms with Gasteiger partial charge in [-0.05, 0) is 38.2 Å². The maximum absolute atomic E-state index is 11.1. The first-order valence-corrected chi connectivity index (χ1v) is 5.71. The number of hydrogen-bond acceptors (Lipinski definition) is 3. The standard InChI is InChI=1S/C9H16O3S/c1-7(2)12-9(8(10)11)3-5-13-6-4-9/h7H,3-6H2,1-2H3,(H,10,11). The number of ether oxygens (including phenoxy) is 1. The van der Waals surface area contributed by atoms with Crippen molar-refractivity contribution in [1.82, 2.24) is 0 Å². The predicted molar refractivity (Wildman–Crippen MR) is 53.1 cm³/mol. The van der Waals surface area contributed by atoms with Gasteiger partial charge in [-0.2, -0.15) is 11.8 Å². The van der Waals surface area contributed by atoms with Crippen molar-refractivity contribution in [2.45, 2.75) is 38.4 Å². The van der Waals surface area contributed by atoms with Crippen LogP contribution in [0.4, 0.5) is 0 Å². The van der Waals surface area contributed by atoms with E-state index in [0.29, 0.717) is 12.8 Å². The lowest BCUT2D eigenvalue weighted by Gasteiger charge is -2.34. The lowest BCUT2D eigenvalue weighted by atomic mass is 9.96. The summed E-state index contributed by atoms with van der Waals surface area (Å²) in [5.74, 6) is 0.972. The molecule has 0 spiro atoms. The van der Waals surface area contributed by atoms with Gasteiger partial charge in [-0.1, -0.05) is 0 Å². The molecule has 0 aromatic rings. The zero-order valence-electron chi connectivity index (χ0n) is 8.08. The molecule has 0 saturated carbocycles. The molecule has 1 fully saturated rings. The molecule has 4 heteroatoms. The molecule has 0 aliphatic carbocycles. The van der Waals surface area contributed by atoms with Gasteiger partial charge in [0.2, 0.25) is 0 Å². The zero-order chi connectivity index (χ0) is 9.90. The second-order valence-corrected chi connectivity index (χ2v) is 4.80. The Morgan fingerprint density at radius 2 is 2.00 bits per heavy atom. The summed E-state index contributed by atoms with van der Waals surface area (Å²) in [6.07, 6.45) is 1.25. The Kier molecular flexibility index (Phi) is 3.62. The predicted octanol–water partition coefficient (Wildman–Crippen LogP) is 1.76. The average Bonchev–Trinajstić information content (AvgIpc) is 2.04. The van der Waals surface area contributed by atoms with E-state index in [1.165, 1.54) is 0 Å². The maximum Gasteiger partial charge on any atom is 0.336 e. The molecule has 0 aromatic carbocycles. The third-order valence-electron chi connectivity index (χ3n) is 2.15. The molecule has 1 aliphatic heterocycles. The van der Waals surface area contributed by atoms with Gasteiger partial charge in [-0.15, -0.1) is 0 Å². The number of thioether (sulfide) groups is 1. The van der Waals surface area contributed by atoms with E-state index in [9.17, 15) is 4.79 Å². The van der Waals surface area contributed by atoms with Crippen molar-refractivity contribution in [3.63, 3.8) is 0 Å². The minimum absolute atomic E-state index is 0.0146. The number of carboxylic acid groups (broad SMARTS) is 1. The molecule has 0 radical (unpaired) electrons. The van der Waals surface area contributed by atoms with Crippen molar-refractivity contribution in [3.8, 4) is 0 Å². The highest BCUT2D eigenvalue weighted by Crippen LogP contribution is 2.31. The Labute approximate surface area is 82.8 Å². The van der Waals surface area contributed by atoms with Crippen LogP contribution in [0.2, 0.25) is 0 Å². The summed E-state index contributed by atoms with van der Waals surface area (Å²) in [6, 6.07) is 0. The Hall–Kier alpha value is -0.220. The molecule has 0 amide bonds. The summed E-state index contributed by atoms with van der Waals surface area (Å²) < 4.78 is 5.53. The minimum atomic E-state index is -0.903. The molecule has 0 aromatic heterocycles. The van der Waals surface area contributed by atoms with Crippen LogP contribution in [0.5, 0.6) is 0 Å². The van der Waals surface area contributed by atoms with E-state index in [4.69, 9.17) is 9.84 Å². The number of rotatable bonds is 3. The molecular formula is C9H16O3S. The fourth-order valence-corrected chi connectivity index (χ4v) is 2.69. The van der Waals surface area contributed by atoms with E-state index in [2.05, 4.69) is 0 Å².